The Balaban J connectivity index is 1.81. The van der Waals surface area contributed by atoms with Gasteiger partial charge in [0.05, 0.1) is 11.4 Å². The van der Waals surface area contributed by atoms with E-state index in [1.165, 1.54) is 23.5 Å². The molecule has 1 saturated heterocycles. The first-order chi connectivity index (χ1) is 14.5. The largest absolute Gasteiger partial charge is 0.384 e. The first kappa shape index (κ1) is 20.0. The predicted octanol–water partition coefficient (Wildman–Crippen LogP) is 4.31. The van der Waals surface area contributed by atoms with Gasteiger partial charge in [-0.1, -0.05) is 12.1 Å². The van der Waals surface area contributed by atoms with Crippen LogP contribution in [0, 0.1) is 12.4 Å². The Morgan fingerprint density at radius 3 is 2.80 bits per heavy atom. The maximum absolute atomic E-state index is 14.3. The van der Waals surface area contributed by atoms with Crippen molar-refractivity contribution in [1.29, 1.82) is 0 Å². The van der Waals surface area contributed by atoms with Crippen molar-refractivity contribution in [1.82, 2.24) is 9.88 Å². The molecule has 3 heterocycles. The van der Waals surface area contributed by atoms with E-state index in [1.54, 1.807) is 35.4 Å². The van der Waals surface area contributed by atoms with Gasteiger partial charge in [0.25, 0.3) is 5.91 Å². The number of amides is 1. The number of rotatable bonds is 3. The molecule has 1 fully saturated rings. The summed E-state index contributed by atoms with van der Waals surface area (Å²) in [5.41, 5.74) is 14.0. The van der Waals surface area contributed by atoms with Crippen LogP contribution in [0.1, 0.15) is 22.5 Å². The lowest BCUT2D eigenvalue weighted by Gasteiger charge is -2.30. The molecule has 4 N–H and O–H groups in total. The van der Waals surface area contributed by atoms with Gasteiger partial charge in [-0.3, -0.25) is 4.79 Å². The molecule has 1 aliphatic rings. The number of aromatic nitrogens is 1. The zero-order chi connectivity index (χ0) is 21.3. The molecule has 0 unspecified atom stereocenters. The molecule has 3 aromatic rings. The number of nitrogens with two attached hydrogens (primary N) is 2. The fraction of sp³-hybridized carbons (Fsp3) is 0.227. The Labute approximate surface area is 177 Å². The number of pyridine rings is 1. The molecule has 152 valence electrons. The second kappa shape index (κ2) is 8.22. The summed E-state index contributed by atoms with van der Waals surface area (Å²) < 4.78 is 14.3. The molecule has 0 spiro atoms. The maximum atomic E-state index is 14.3. The number of carbonyl (C=O) groups excluding carboxylic acids is 1. The van der Waals surface area contributed by atoms with Gasteiger partial charge in [0, 0.05) is 35.8 Å². The van der Waals surface area contributed by atoms with Gasteiger partial charge >= 0.3 is 0 Å². The summed E-state index contributed by atoms with van der Waals surface area (Å²) in [4.78, 5) is 23.5. The molecule has 2 aromatic heterocycles. The van der Waals surface area contributed by atoms with Crippen LogP contribution in [0.5, 0.6) is 0 Å². The number of hydrogen-bond acceptors (Lipinski definition) is 5. The van der Waals surface area contributed by atoms with Gasteiger partial charge in [0.15, 0.2) is 0 Å². The Morgan fingerprint density at radius 1 is 1.27 bits per heavy atom. The van der Waals surface area contributed by atoms with Gasteiger partial charge in [-0.25, -0.2) is 14.2 Å². The monoisotopic (exact) mass is 421 g/mol. The highest BCUT2D eigenvalue weighted by Crippen LogP contribution is 2.41. The minimum atomic E-state index is -0.594. The summed E-state index contributed by atoms with van der Waals surface area (Å²) in [6.07, 6.45) is 3.39. The number of halogens is 1. The number of nitrogens with zero attached hydrogens (tertiary/aromatic N) is 3. The van der Waals surface area contributed by atoms with Crippen molar-refractivity contribution in [3.8, 4) is 21.6 Å². The van der Waals surface area contributed by atoms with Crippen LogP contribution in [0.2, 0.25) is 0 Å². The fourth-order valence-electron chi connectivity index (χ4n) is 3.63. The predicted molar refractivity (Wildman–Crippen MR) is 117 cm³/mol. The highest BCUT2D eigenvalue weighted by atomic mass is 32.1. The van der Waals surface area contributed by atoms with Crippen LogP contribution in [0.3, 0.4) is 0 Å². The molecule has 8 heteroatoms. The maximum Gasteiger partial charge on any atom is 0.264 e. The molecule has 0 radical (unpaired) electrons. The van der Waals surface area contributed by atoms with Gasteiger partial charge in [0.1, 0.15) is 11.6 Å². The zero-order valence-corrected chi connectivity index (χ0v) is 17.0. The minimum Gasteiger partial charge on any atom is -0.384 e. The van der Waals surface area contributed by atoms with Crippen molar-refractivity contribution in [2.75, 3.05) is 18.8 Å². The molecule has 1 aromatic carbocycles. The van der Waals surface area contributed by atoms with Crippen molar-refractivity contribution < 1.29 is 9.18 Å². The van der Waals surface area contributed by atoms with E-state index in [1.807, 2.05) is 0 Å². The van der Waals surface area contributed by atoms with E-state index in [0.29, 0.717) is 34.9 Å². The lowest BCUT2D eigenvalue weighted by atomic mass is 10.0. The van der Waals surface area contributed by atoms with Crippen molar-refractivity contribution >= 4 is 28.7 Å². The lowest BCUT2D eigenvalue weighted by Crippen LogP contribution is -2.45. The SMILES string of the molecule is [C-]#[N+]c1ccc(-c2cc(C(=O)N3CCC[C@@H](N)C3)sc2-c2ccnc(N)c2)cc1F. The minimum absolute atomic E-state index is 0.0168. The molecule has 0 aliphatic carbocycles. The van der Waals surface area contributed by atoms with E-state index >= 15 is 0 Å². The normalized spacial score (nSPS) is 16.3. The third-order valence-electron chi connectivity index (χ3n) is 5.11. The number of thiophene rings is 1. The Morgan fingerprint density at radius 2 is 2.10 bits per heavy atom. The smallest absolute Gasteiger partial charge is 0.264 e. The second-order valence-electron chi connectivity index (χ2n) is 7.25. The van der Waals surface area contributed by atoms with Gasteiger partial charge in [-0.05, 0) is 48.2 Å². The first-order valence-electron chi connectivity index (χ1n) is 9.54. The molecule has 1 aliphatic heterocycles. The number of likely N-dealkylation sites (tertiary alicyclic amines) is 1. The van der Waals surface area contributed by atoms with Gasteiger partial charge in [0.2, 0.25) is 5.69 Å². The van der Waals surface area contributed by atoms with Crippen LogP contribution in [-0.4, -0.2) is 34.9 Å². The Kier molecular flexibility index (Phi) is 5.48. The van der Waals surface area contributed by atoms with E-state index in [9.17, 15) is 9.18 Å². The van der Waals surface area contributed by atoms with E-state index in [-0.39, 0.29) is 17.6 Å². The molecule has 4 rings (SSSR count). The summed E-state index contributed by atoms with van der Waals surface area (Å²) in [5.74, 6) is -0.317. The number of nitrogen functional groups attached to an aromatic ring is 1. The molecule has 1 atom stereocenters. The van der Waals surface area contributed by atoms with Crippen LogP contribution in [0.25, 0.3) is 26.4 Å². The highest BCUT2D eigenvalue weighted by Gasteiger charge is 2.25. The quantitative estimate of drug-likeness (QED) is 0.617. The molecular formula is C22H20FN5OS. The van der Waals surface area contributed by atoms with Gasteiger partial charge in [-0.15, -0.1) is 11.3 Å². The Bertz CT molecular complexity index is 1150. The Hall–Kier alpha value is -3.28. The highest BCUT2D eigenvalue weighted by molar-refractivity contribution is 7.18. The third kappa shape index (κ3) is 3.90. The van der Waals surface area contributed by atoms with Gasteiger partial charge < -0.3 is 16.4 Å². The number of carbonyl (C=O) groups is 1. The summed E-state index contributed by atoms with van der Waals surface area (Å²) in [6.45, 7) is 8.25. The average Bonchev–Trinajstić information content (AvgIpc) is 3.18. The van der Waals surface area contributed by atoms with E-state index < -0.39 is 5.82 Å². The van der Waals surface area contributed by atoms with E-state index in [4.69, 9.17) is 18.0 Å². The summed E-state index contributed by atoms with van der Waals surface area (Å²) in [7, 11) is 0. The molecule has 1 amide bonds. The summed E-state index contributed by atoms with van der Waals surface area (Å²) in [5, 5.41) is 0. The number of piperidine rings is 1. The molecule has 30 heavy (non-hydrogen) atoms. The van der Waals surface area contributed by atoms with Crippen molar-refractivity contribution in [2.45, 2.75) is 18.9 Å². The van der Waals surface area contributed by atoms with Crippen molar-refractivity contribution in [3.05, 3.63) is 64.7 Å². The lowest BCUT2D eigenvalue weighted by molar-refractivity contribution is 0.0714. The first-order valence-corrected chi connectivity index (χ1v) is 10.4. The van der Waals surface area contributed by atoms with Crippen LogP contribution < -0.4 is 11.5 Å². The van der Waals surface area contributed by atoms with Crippen LogP contribution in [0.15, 0.2) is 42.6 Å². The molecular weight excluding hydrogens is 401 g/mol. The van der Waals surface area contributed by atoms with E-state index in [2.05, 4.69) is 9.83 Å². The molecule has 0 bridgehead atoms. The number of anilines is 1. The topological polar surface area (TPSA) is 89.6 Å². The molecule has 0 saturated carbocycles. The van der Waals surface area contributed by atoms with E-state index in [0.717, 1.165) is 23.3 Å². The zero-order valence-electron chi connectivity index (χ0n) is 16.1. The average molecular weight is 422 g/mol. The van der Waals surface area contributed by atoms with Crippen LogP contribution in [0.4, 0.5) is 15.9 Å². The summed E-state index contributed by atoms with van der Waals surface area (Å²) in [6, 6.07) is 9.77. The summed E-state index contributed by atoms with van der Waals surface area (Å²) >= 11 is 1.34. The number of hydrogen-bond donors (Lipinski definition) is 2. The fourth-order valence-corrected chi connectivity index (χ4v) is 4.77. The van der Waals surface area contributed by atoms with Crippen molar-refractivity contribution in [3.63, 3.8) is 0 Å². The van der Waals surface area contributed by atoms with Gasteiger partial charge in [-0.2, -0.15) is 0 Å². The standard InChI is InChI=1S/C22H20FN5OS/c1-26-18-5-4-13(9-17(18)23)16-11-19(22(29)28-8-2-3-15(24)12-28)30-21(16)14-6-7-27-20(25)10-14/h4-7,9-11,15H,2-3,8,12,24H2,(H2,25,27)/t15-/m1/s1. The van der Waals surface area contributed by atoms with Crippen LogP contribution in [-0.2, 0) is 0 Å². The van der Waals surface area contributed by atoms with Crippen LogP contribution >= 0.6 is 11.3 Å². The van der Waals surface area contributed by atoms with Crippen molar-refractivity contribution in [2.24, 2.45) is 5.73 Å². The third-order valence-corrected chi connectivity index (χ3v) is 6.28. The molecule has 6 nitrogen and oxygen atoms in total. The second-order valence-corrected chi connectivity index (χ2v) is 8.31. The number of benzene rings is 1.